The molecule has 4 aliphatic carbocycles. The number of fused-ring (bicyclic) bond motifs is 8. The first-order valence-electron chi connectivity index (χ1n) is 47.3. The zero-order valence-corrected chi connectivity index (χ0v) is 93.2. The number of hydrogen-bond acceptors (Lipinski definition) is 10. The summed E-state index contributed by atoms with van der Waals surface area (Å²) in [7, 11) is 5.95. The molecule has 5 fully saturated rings. The molecule has 716 valence electrons. The van der Waals surface area contributed by atoms with Crippen molar-refractivity contribution in [3.8, 4) is 0 Å². The molecular weight excluding hydrogens is 2340 g/mol. The second-order valence-corrected chi connectivity index (χ2v) is 46.2. The van der Waals surface area contributed by atoms with Gasteiger partial charge in [-0.1, -0.05) is 111 Å². The lowest BCUT2D eigenvalue weighted by molar-refractivity contribution is -0.671. The molecule has 18 nitrogen and oxygen atoms in total. The summed E-state index contributed by atoms with van der Waals surface area (Å²) in [5.41, 5.74) is 27.7. The fourth-order valence-corrected chi connectivity index (χ4v) is 26.7. The number of aryl methyl sites for hydroxylation is 10. The second kappa shape index (κ2) is 46.2. The van der Waals surface area contributed by atoms with E-state index in [0.29, 0.717) is 50.6 Å². The molecule has 5 saturated heterocycles. The van der Waals surface area contributed by atoms with E-state index in [9.17, 15) is 24.0 Å². The number of rotatable bonds is 10. The van der Waals surface area contributed by atoms with E-state index in [4.69, 9.17) is 66.3 Å². The number of piperazine rings is 1. The fraction of sp³-hybridized carbons (Fsp3) is 0.370. The monoisotopic (exact) mass is 2440 g/mol. The van der Waals surface area contributed by atoms with E-state index in [2.05, 4.69) is 181 Å². The van der Waals surface area contributed by atoms with Gasteiger partial charge in [-0.25, -0.2) is 13.7 Å². The van der Waals surface area contributed by atoms with Crippen molar-refractivity contribution in [2.75, 3.05) is 78.5 Å². The maximum atomic E-state index is 13.1. The van der Waals surface area contributed by atoms with Crippen LogP contribution in [0.4, 0.5) is 0 Å². The van der Waals surface area contributed by atoms with E-state index in [1.165, 1.54) is 94.7 Å². The normalized spacial score (nSPS) is 17.7. The minimum Gasteiger partial charge on any atom is -0.343 e. The first kappa shape index (κ1) is 102. The SMILES string of the molecule is CC(=O)N1CCC(CC(=O)N2CCC(=C3c4ncc(Br)cc4CCc4cc(Cl)cc(Br)c43)CC2)CC1.C[n+]1ccc(CC(=O)N2CCC(=C3c4ncc(Br)cc4CCc4cc(Cl)cc(Br)c43)CC2)cc1.C[n+]1ccc(CC(=O)N2CCC(C3c4ccc(Cl)c(Br)c4CCc4cc(Br)cnc43)CC2)cc1.C[n+]1ccc(CC(=O)N2CCN(C3c4ncc(Br)cc4CCc4cc(Cl)cc(Br)c43)CC2)cc1. The molecule has 2 unspecified atom stereocenters. The highest BCUT2D eigenvalue weighted by molar-refractivity contribution is 9.11. The Labute approximate surface area is 895 Å². The average Bonchev–Trinajstić information content (AvgIpc) is 0.885. The van der Waals surface area contributed by atoms with Gasteiger partial charge >= 0.3 is 0 Å². The van der Waals surface area contributed by atoms with Gasteiger partial charge in [-0.3, -0.25) is 48.8 Å². The molecule has 138 heavy (non-hydrogen) atoms. The molecule has 0 spiro atoms. The highest BCUT2D eigenvalue weighted by Crippen LogP contribution is 2.50. The Morgan fingerprint density at radius 2 is 0.754 bits per heavy atom. The molecule has 0 N–H and O–H groups in total. The Bertz CT molecular complexity index is 6530. The quantitative estimate of drug-likeness (QED) is 0.120. The number of halogens is 12. The number of pyridine rings is 7. The second-order valence-electron chi connectivity index (χ2n) is 37.5. The van der Waals surface area contributed by atoms with Crippen molar-refractivity contribution >= 4 is 215 Å². The summed E-state index contributed by atoms with van der Waals surface area (Å²) in [5, 5.41) is 2.98. The number of hydrogen-bond donors (Lipinski definition) is 0. The van der Waals surface area contributed by atoms with Crippen LogP contribution in [0.2, 0.25) is 20.1 Å². The van der Waals surface area contributed by atoms with Gasteiger partial charge in [-0.05, 0) is 333 Å². The molecule has 5 amide bonds. The zero-order valence-electron chi connectivity index (χ0n) is 77.5. The van der Waals surface area contributed by atoms with Gasteiger partial charge in [0.15, 0.2) is 37.2 Å². The van der Waals surface area contributed by atoms with Gasteiger partial charge in [0.1, 0.15) is 21.1 Å². The average molecular weight is 2450 g/mol. The topological polar surface area (TPSA) is 168 Å². The Morgan fingerprint density at radius 3 is 1.22 bits per heavy atom. The molecule has 11 aromatic rings. The van der Waals surface area contributed by atoms with Gasteiger partial charge in [-0.2, -0.15) is 0 Å². The summed E-state index contributed by atoms with van der Waals surface area (Å²) < 4.78 is 14.0. The van der Waals surface area contributed by atoms with Crippen molar-refractivity contribution in [1.29, 1.82) is 0 Å². The maximum absolute atomic E-state index is 13.1. The Balaban J connectivity index is 0.000000127. The molecule has 0 radical (unpaired) electrons. The third-order valence-electron chi connectivity index (χ3n) is 28.5. The third-order valence-corrected chi connectivity index (χ3v) is 34.3. The van der Waals surface area contributed by atoms with Crippen LogP contribution in [0.25, 0.3) is 11.1 Å². The van der Waals surface area contributed by atoms with Gasteiger partial charge < -0.3 is 24.5 Å². The van der Waals surface area contributed by atoms with Crippen molar-refractivity contribution in [3.63, 3.8) is 0 Å². The number of amides is 5. The van der Waals surface area contributed by atoms with Gasteiger partial charge in [0.25, 0.3) is 0 Å². The van der Waals surface area contributed by atoms with Gasteiger partial charge in [0, 0.05) is 232 Å². The van der Waals surface area contributed by atoms with Crippen LogP contribution in [-0.2, 0) is 116 Å². The van der Waals surface area contributed by atoms with E-state index < -0.39 is 0 Å². The summed E-state index contributed by atoms with van der Waals surface area (Å²) >= 11 is 55.3. The van der Waals surface area contributed by atoms with Crippen molar-refractivity contribution in [1.82, 2.24) is 49.3 Å². The zero-order chi connectivity index (χ0) is 96.9. The minimum absolute atomic E-state index is 0.0265. The number of carbonyl (C=O) groups is 5. The molecule has 0 saturated carbocycles. The van der Waals surface area contributed by atoms with Gasteiger partial charge in [0.05, 0.1) is 53.1 Å². The summed E-state index contributed by atoms with van der Waals surface area (Å²) in [4.78, 5) is 95.7. The van der Waals surface area contributed by atoms with E-state index in [1.807, 2.05) is 182 Å². The number of carbonyl (C=O) groups excluding carboxylic acids is 5. The highest BCUT2D eigenvalue weighted by atomic mass is 79.9. The van der Waals surface area contributed by atoms with Crippen molar-refractivity contribution in [2.24, 2.45) is 33.0 Å². The molecule has 5 aliphatic heterocycles. The van der Waals surface area contributed by atoms with Crippen molar-refractivity contribution in [3.05, 3.63) is 344 Å². The number of likely N-dealkylation sites (tertiary alicyclic amines) is 4. The predicted octanol–water partition coefficient (Wildman–Crippen LogP) is 22.7. The van der Waals surface area contributed by atoms with Crippen molar-refractivity contribution in [2.45, 2.75) is 147 Å². The molecule has 30 heteroatoms. The lowest BCUT2D eigenvalue weighted by atomic mass is 9.76. The van der Waals surface area contributed by atoms with Crippen LogP contribution in [0.1, 0.15) is 183 Å². The Hall–Kier alpha value is -7.28. The van der Waals surface area contributed by atoms with Crippen LogP contribution in [0.15, 0.2) is 218 Å². The van der Waals surface area contributed by atoms with Crippen LogP contribution >= 0.6 is 174 Å². The molecule has 12 heterocycles. The minimum atomic E-state index is 0.0265. The molecule has 9 aliphatic rings. The van der Waals surface area contributed by atoms with E-state index in [0.717, 1.165) is 258 Å². The number of nitrogens with zero attached hydrogens (tertiary/aromatic N) is 13. The first-order chi connectivity index (χ1) is 66.5. The Kier molecular flexibility index (Phi) is 34.2. The number of piperidine rings is 4. The highest BCUT2D eigenvalue weighted by Gasteiger charge is 2.40. The van der Waals surface area contributed by atoms with Crippen LogP contribution in [0.3, 0.4) is 0 Å². The number of aromatic nitrogens is 7. The van der Waals surface area contributed by atoms with Gasteiger partial charge in [0.2, 0.25) is 29.5 Å². The standard InChI is InChI=1S/C28H30Br2ClN3O2.C27H25Br2ClN3O.C27H27Br2ClN3O.C26H26Br2ClN4O/c1-17(35)33-8-4-18(5-9-33)12-25(36)34-10-6-19(7-11-34)27-26-20(14-23(31)15-24(26)30)2-3-21-13-22(29)16-32-28(21)27;1-32-8-4-17(5-9-32)12-24(34)33-10-6-18(7-11-33)26-25-19(14-22(30)15-23(25)29)2-3-20-13-21(28)16-31-27(20)26;1-32-10-6-17(7-11-32)14-24(34)33-12-8-18(9-13-33)25-21-4-5-23(30)26(29)22(21)3-2-19-15-20(28)16-31-27(19)25;1-31-6-4-17(5-7-31)12-23(34)32-8-10-33(11-9-32)26-24-18(14-21(29)15-22(24)28)2-3-19-13-20(27)16-30-25(19)26/h13-16,18H,2-12H2,1H3;4-5,8-9,13-16H,2-3,6-7,10-12H2,1H3;4-7,10-11,15-16,18,25H,2-3,8-9,12-14H2,1H3;4-7,13-16,26H,2-3,8-12H2,1H3/q;3*+1. The molecule has 2 atom stereocenters. The van der Waals surface area contributed by atoms with E-state index >= 15 is 0 Å². The summed E-state index contributed by atoms with van der Waals surface area (Å²) in [6.07, 6.45) is 35.9. The molecule has 7 aromatic heterocycles. The van der Waals surface area contributed by atoms with E-state index in [-0.39, 0.29) is 41.5 Å². The Morgan fingerprint density at radius 1 is 0.377 bits per heavy atom. The van der Waals surface area contributed by atoms with Crippen molar-refractivity contribution < 1.29 is 37.7 Å². The largest absolute Gasteiger partial charge is 0.343 e. The summed E-state index contributed by atoms with van der Waals surface area (Å²) in [5.74, 6) is 1.98. The van der Waals surface area contributed by atoms with Crippen LogP contribution in [-0.4, -0.2) is 157 Å². The first-order valence-corrected chi connectivity index (χ1v) is 55.2. The molecule has 4 aromatic carbocycles. The summed E-state index contributed by atoms with van der Waals surface area (Å²) in [6, 6.07) is 37.3. The van der Waals surface area contributed by atoms with Crippen LogP contribution in [0.5, 0.6) is 0 Å². The van der Waals surface area contributed by atoms with E-state index in [1.54, 1.807) is 6.92 Å². The molecule has 0 bridgehead atoms. The molecule has 20 rings (SSSR count). The van der Waals surface area contributed by atoms with Crippen LogP contribution < -0.4 is 13.7 Å². The third kappa shape index (κ3) is 24.3. The lowest BCUT2D eigenvalue weighted by Gasteiger charge is -2.40. The predicted molar refractivity (Wildman–Crippen MR) is 572 cm³/mol. The maximum Gasteiger partial charge on any atom is 0.227 e. The smallest absolute Gasteiger partial charge is 0.227 e. The summed E-state index contributed by atoms with van der Waals surface area (Å²) in [6.45, 7) is 10.7. The number of benzene rings is 4. The lowest BCUT2D eigenvalue weighted by Crippen LogP contribution is -2.50. The fourth-order valence-electron chi connectivity index (χ4n) is 21.2. The van der Waals surface area contributed by atoms with Gasteiger partial charge in [-0.15, -0.1) is 0 Å². The molecular formula is C108H108Br8Cl4N13O5+3. The van der Waals surface area contributed by atoms with Crippen LogP contribution in [0, 0.1) is 11.8 Å².